The molecule has 152 valence electrons. The van der Waals surface area contributed by atoms with Crippen LogP contribution >= 0.6 is 23.2 Å². The van der Waals surface area contributed by atoms with Gasteiger partial charge in [0.2, 0.25) is 15.9 Å². The summed E-state index contributed by atoms with van der Waals surface area (Å²) in [7, 11) is -3.58. The van der Waals surface area contributed by atoms with Gasteiger partial charge in [0.15, 0.2) is 0 Å². The van der Waals surface area contributed by atoms with E-state index in [0.717, 1.165) is 16.1 Å². The van der Waals surface area contributed by atoms with Crippen LogP contribution in [0.4, 0.5) is 10.1 Å². The van der Waals surface area contributed by atoms with Crippen LogP contribution in [0, 0.1) is 5.82 Å². The van der Waals surface area contributed by atoms with Crippen molar-refractivity contribution in [1.29, 1.82) is 0 Å². The van der Waals surface area contributed by atoms with Crippen molar-refractivity contribution < 1.29 is 17.6 Å². The number of nitrogens with zero attached hydrogens (tertiary/aromatic N) is 1. The van der Waals surface area contributed by atoms with Crippen molar-refractivity contribution in [3.05, 3.63) is 63.9 Å². The second-order valence-electron chi connectivity index (χ2n) is 6.24. The van der Waals surface area contributed by atoms with Crippen LogP contribution in [0.2, 0.25) is 10.0 Å². The maximum absolute atomic E-state index is 12.9. The number of amides is 1. The lowest BCUT2D eigenvalue weighted by molar-refractivity contribution is -0.121. The highest BCUT2D eigenvalue weighted by atomic mass is 35.5. The zero-order chi connectivity index (χ0) is 20.7. The quantitative estimate of drug-likeness (QED) is 0.631. The Morgan fingerprint density at radius 2 is 1.82 bits per heavy atom. The molecule has 0 fully saturated rings. The van der Waals surface area contributed by atoms with E-state index in [1.54, 1.807) is 30.3 Å². The van der Waals surface area contributed by atoms with Crippen LogP contribution in [-0.4, -0.2) is 33.7 Å². The van der Waals surface area contributed by atoms with Crippen LogP contribution in [0.3, 0.4) is 0 Å². The van der Waals surface area contributed by atoms with E-state index in [9.17, 15) is 17.6 Å². The highest BCUT2D eigenvalue weighted by Gasteiger charge is 2.21. The number of hydrogen-bond acceptors (Lipinski definition) is 3. The van der Waals surface area contributed by atoms with Gasteiger partial charge in [0.25, 0.3) is 0 Å². The molecule has 0 spiro atoms. The third kappa shape index (κ3) is 6.65. The molecule has 1 N–H and O–H groups in total. The van der Waals surface area contributed by atoms with Gasteiger partial charge in [-0.05, 0) is 42.7 Å². The molecule has 2 aromatic rings. The number of rotatable bonds is 9. The zero-order valence-electron chi connectivity index (χ0n) is 15.3. The fourth-order valence-electron chi connectivity index (χ4n) is 2.62. The maximum atomic E-state index is 12.9. The average molecular weight is 447 g/mol. The third-order valence-electron chi connectivity index (χ3n) is 4.01. The number of halogens is 3. The van der Waals surface area contributed by atoms with Crippen molar-refractivity contribution in [3.8, 4) is 0 Å². The normalized spacial score (nSPS) is 11.3. The Labute approximate surface area is 174 Å². The maximum Gasteiger partial charge on any atom is 0.232 e. The number of carbonyl (C=O) groups is 1. The molecule has 0 radical (unpaired) electrons. The summed E-state index contributed by atoms with van der Waals surface area (Å²) in [4.78, 5) is 12.0. The molecule has 28 heavy (non-hydrogen) atoms. The van der Waals surface area contributed by atoms with E-state index in [-0.39, 0.29) is 40.4 Å². The number of carbonyl (C=O) groups excluding carboxylic acids is 1. The Kier molecular flexibility index (Phi) is 8.10. The van der Waals surface area contributed by atoms with E-state index in [1.807, 2.05) is 0 Å². The molecule has 2 aromatic carbocycles. The van der Waals surface area contributed by atoms with Gasteiger partial charge < -0.3 is 5.32 Å². The van der Waals surface area contributed by atoms with Crippen molar-refractivity contribution in [2.24, 2.45) is 0 Å². The number of nitrogens with one attached hydrogen (secondary N) is 1. The van der Waals surface area contributed by atoms with Gasteiger partial charge in [-0.15, -0.1) is 0 Å². The lowest BCUT2D eigenvalue weighted by Gasteiger charge is -2.23. The molecule has 0 unspecified atom stereocenters. The highest BCUT2D eigenvalue weighted by Crippen LogP contribution is 2.33. The van der Waals surface area contributed by atoms with Crippen molar-refractivity contribution in [2.75, 3.05) is 23.7 Å². The van der Waals surface area contributed by atoms with Gasteiger partial charge in [0, 0.05) is 19.5 Å². The summed E-state index contributed by atoms with van der Waals surface area (Å²) in [5, 5.41) is 3.18. The second-order valence-corrected chi connectivity index (χ2v) is 8.93. The van der Waals surface area contributed by atoms with Crippen LogP contribution in [-0.2, 0) is 21.2 Å². The first kappa shape index (κ1) is 22.5. The number of benzene rings is 2. The van der Waals surface area contributed by atoms with E-state index in [4.69, 9.17) is 23.2 Å². The van der Waals surface area contributed by atoms with Crippen molar-refractivity contribution in [2.45, 2.75) is 19.3 Å². The predicted molar refractivity (Wildman–Crippen MR) is 111 cm³/mol. The summed E-state index contributed by atoms with van der Waals surface area (Å²) in [5.74, 6) is -0.490. The Bertz CT molecular complexity index is 921. The molecular weight excluding hydrogens is 426 g/mol. The van der Waals surface area contributed by atoms with E-state index < -0.39 is 10.0 Å². The third-order valence-corrected chi connectivity index (χ3v) is 6.00. The Balaban J connectivity index is 1.85. The fourth-order valence-corrected chi connectivity index (χ4v) is 4.04. The molecule has 0 atom stereocenters. The molecule has 0 aliphatic rings. The van der Waals surface area contributed by atoms with Crippen molar-refractivity contribution in [1.82, 2.24) is 5.32 Å². The summed E-state index contributed by atoms with van der Waals surface area (Å²) >= 11 is 12.1. The summed E-state index contributed by atoms with van der Waals surface area (Å²) in [6.45, 7) is 0.519. The molecule has 0 aliphatic carbocycles. The van der Waals surface area contributed by atoms with Crippen molar-refractivity contribution in [3.63, 3.8) is 0 Å². The van der Waals surface area contributed by atoms with Gasteiger partial charge in [0.05, 0.1) is 22.0 Å². The summed E-state index contributed by atoms with van der Waals surface area (Å²) < 4.78 is 38.3. The highest BCUT2D eigenvalue weighted by molar-refractivity contribution is 7.92. The first-order valence-electron chi connectivity index (χ1n) is 8.61. The predicted octanol–water partition coefficient (Wildman–Crippen LogP) is 4.04. The standard InChI is InChI=1S/C19H21Cl2FN2O3S/c1-28(26,27)24(17-5-2-4-16(20)19(17)21)13-3-6-18(25)23-12-11-14-7-9-15(22)10-8-14/h2,4-5,7-10H,3,6,11-13H2,1H3,(H,23,25). The number of sulfonamides is 1. The van der Waals surface area contributed by atoms with E-state index in [1.165, 1.54) is 12.1 Å². The van der Waals surface area contributed by atoms with E-state index in [2.05, 4.69) is 5.32 Å². The summed E-state index contributed by atoms with van der Waals surface area (Å²) in [6.07, 6.45) is 2.14. The number of anilines is 1. The Morgan fingerprint density at radius 1 is 1.14 bits per heavy atom. The molecule has 0 saturated carbocycles. The van der Waals surface area contributed by atoms with E-state index in [0.29, 0.717) is 19.4 Å². The second kappa shape index (κ2) is 10.1. The molecule has 0 aromatic heterocycles. The Morgan fingerprint density at radius 3 is 2.46 bits per heavy atom. The molecule has 0 bridgehead atoms. The average Bonchev–Trinajstić information content (AvgIpc) is 2.62. The largest absolute Gasteiger partial charge is 0.356 e. The van der Waals surface area contributed by atoms with Gasteiger partial charge >= 0.3 is 0 Å². The summed E-state index contributed by atoms with van der Waals surface area (Å²) in [5.41, 5.74) is 1.20. The SMILES string of the molecule is CS(=O)(=O)N(CCCC(=O)NCCc1ccc(F)cc1)c1cccc(Cl)c1Cl. The van der Waals surface area contributed by atoms with Gasteiger partial charge in [-0.2, -0.15) is 0 Å². The van der Waals surface area contributed by atoms with Crippen molar-refractivity contribution >= 4 is 44.8 Å². The minimum absolute atomic E-state index is 0.101. The van der Waals surface area contributed by atoms with Crippen LogP contribution in [0.25, 0.3) is 0 Å². The van der Waals surface area contributed by atoms with Crippen LogP contribution in [0.15, 0.2) is 42.5 Å². The van der Waals surface area contributed by atoms with Gasteiger partial charge in [-0.3, -0.25) is 9.10 Å². The first-order chi connectivity index (χ1) is 13.2. The lowest BCUT2D eigenvalue weighted by Crippen LogP contribution is -2.32. The van der Waals surface area contributed by atoms with Gasteiger partial charge in [-0.25, -0.2) is 12.8 Å². The monoisotopic (exact) mass is 446 g/mol. The molecule has 1 amide bonds. The molecule has 0 heterocycles. The fraction of sp³-hybridized carbons (Fsp3) is 0.316. The molecule has 2 rings (SSSR count). The molecule has 0 saturated heterocycles. The number of hydrogen-bond donors (Lipinski definition) is 1. The molecule has 5 nitrogen and oxygen atoms in total. The topological polar surface area (TPSA) is 66.5 Å². The summed E-state index contributed by atoms with van der Waals surface area (Å²) in [6, 6.07) is 10.8. The van der Waals surface area contributed by atoms with Crippen LogP contribution in [0.5, 0.6) is 0 Å². The minimum Gasteiger partial charge on any atom is -0.356 e. The van der Waals surface area contributed by atoms with Gasteiger partial charge in [-0.1, -0.05) is 41.4 Å². The smallest absolute Gasteiger partial charge is 0.232 e. The molecule has 0 aliphatic heterocycles. The Hall–Kier alpha value is -1.83. The first-order valence-corrected chi connectivity index (χ1v) is 11.2. The molecule has 9 heteroatoms. The minimum atomic E-state index is -3.58. The van der Waals surface area contributed by atoms with Crippen LogP contribution in [0.1, 0.15) is 18.4 Å². The zero-order valence-corrected chi connectivity index (χ0v) is 17.6. The van der Waals surface area contributed by atoms with Gasteiger partial charge in [0.1, 0.15) is 5.82 Å². The van der Waals surface area contributed by atoms with Crippen LogP contribution < -0.4 is 9.62 Å². The molecular formula is C19H21Cl2FN2O3S. The van der Waals surface area contributed by atoms with E-state index >= 15 is 0 Å². The lowest BCUT2D eigenvalue weighted by atomic mass is 10.1.